The summed E-state index contributed by atoms with van der Waals surface area (Å²) in [7, 11) is 6.41. The smallest absolute Gasteiger partial charge is 0.334 e. The van der Waals surface area contributed by atoms with Crippen molar-refractivity contribution in [3.8, 4) is 23.0 Å². The van der Waals surface area contributed by atoms with Gasteiger partial charge in [0.2, 0.25) is 5.91 Å². The van der Waals surface area contributed by atoms with Crippen LogP contribution in [0, 0.1) is 17.8 Å². The van der Waals surface area contributed by atoms with Crippen molar-refractivity contribution in [2.75, 3.05) is 54.8 Å². The molecule has 13 heteroatoms. The van der Waals surface area contributed by atoms with Crippen molar-refractivity contribution >= 4 is 23.8 Å². The molecule has 2 aromatic carbocycles. The summed E-state index contributed by atoms with van der Waals surface area (Å²) < 4.78 is 35.2. The number of nitrogens with zero attached hydrogens (tertiary/aromatic N) is 1. The van der Waals surface area contributed by atoms with Gasteiger partial charge in [0.15, 0.2) is 0 Å². The van der Waals surface area contributed by atoms with Crippen molar-refractivity contribution in [1.29, 1.82) is 0 Å². The van der Waals surface area contributed by atoms with E-state index in [0.717, 1.165) is 22.6 Å². The first-order valence-electron chi connectivity index (χ1n) is 16.0. The molecule has 0 radical (unpaired) electrons. The molecule has 1 fully saturated rings. The largest absolute Gasteiger partial charge is 0.497 e. The van der Waals surface area contributed by atoms with Crippen LogP contribution in [0.3, 0.4) is 0 Å². The van der Waals surface area contributed by atoms with Crippen LogP contribution in [0.4, 0.5) is 0 Å². The van der Waals surface area contributed by atoms with E-state index in [4.69, 9.17) is 38.9 Å². The SMILES string of the molecule is C=C(C(=O)OCC)C(C)C(=O)OCC.CCOC(=O)C1CN(Cc2ccc(OC)cc2OC)C(=O)C1C.COc1ccc(CN)c(OC)c1. The molecule has 3 unspecified atom stereocenters. The zero-order valence-corrected chi connectivity index (χ0v) is 30.2. The van der Waals surface area contributed by atoms with Gasteiger partial charge >= 0.3 is 17.9 Å². The molecule has 1 amide bonds. The Bertz CT molecular complexity index is 1400. The maximum Gasteiger partial charge on any atom is 0.334 e. The number of hydrogen-bond donors (Lipinski definition) is 1. The van der Waals surface area contributed by atoms with E-state index in [2.05, 4.69) is 6.58 Å². The van der Waals surface area contributed by atoms with Gasteiger partial charge in [0.1, 0.15) is 23.0 Å². The number of methoxy groups -OCH3 is 4. The number of benzene rings is 2. The molecule has 0 aromatic heterocycles. The van der Waals surface area contributed by atoms with Crippen molar-refractivity contribution in [3.63, 3.8) is 0 Å². The molecule has 0 spiro atoms. The Balaban J connectivity index is 0.000000397. The molecular weight excluding hydrogens is 636 g/mol. The van der Waals surface area contributed by atoms with Gasteiger partial charge in [-0.1, -0.05) is 19.6 Å². The average Bonchev–Trinajstić information content (AvgIpc) is 3.40. The molecule has 0 bridgehead atoms. The molecule has 3 rings (SSSR count). The molecular formula is C36H52N2O11. The molecule has 49 heavy (non-hydrogen) atoms. The van der Waals surface area contributed by atoms with E-state index in [9.17, 15) is 19.2 Å². The predicted octanol–water partition coefficient (Wildman–Crippen LogP) is 4.33. The lowest BCUT2D eigenvalue weighted by Gasteiger charge is -2.18. The molecule has 13 nitrogen and oxygen atoms in total. The van der Waals surface area contributed by atoms with Crippen molar-refractivity contribution in [2.45, 2.75) is 47.7 Å². The number of carbonyl (C=O) groups excluding carboxylic acids is 4. The minimum atomic E-state index is -0.644. The first kappa shape index (κ1) is 42.2. The Labute approximate surface area is 289 Å². The van der Waals surface area contributed by atoms with E-state index in [1.165, 1.54) is 0 Å². The summed E-state index contributed by atoms with van der Waals surface area (Å²) in [4.78, 5) is 48.4. The minimum Gasteiger partial charge on any atom is -0.497 e. The lowest BCUT2D eigenvalue weighted by atomic mass is 9.98. The van der Waals surface area contributed by atoms with Crippen molar-refractivity contribution < 1.29 is 52.3 Å². The highest BCUT2D eigenvalue weighted by Gasteiger charge is 2.42. The Morgan fingerprint density at radius 2 is 1.35 bits per heavy atom. The van der Waals surface area contributed by atoms with Gasteiger partial charge in [0.25, 0.3) is 0 Å². The summed E-state index contributed by atoms with van der Waals surface area (Å²) in [6, 6.07) is 11.1. The standard InChI is InChI=1S/C17H23NO5.C10H16O4.C9H13NO2/c1-5-23-17(20)14-10-18(16(19)11(14)2)9-12-6-7-13(21-3)8-15(12)22-4;1-5-13-9(11)7(3)8(4)10(12)14-6-2;1-11-8-4-3-7(6-10)9(5-8)12-2/h6-8,11,14H,5,9-10H2,1-4H3;8H,3,5-6H2,1-2,4H3;3-5H,6,10H2,1-2H3. The average molecular weight is 689 g/mol. The monoisotopic (exact) mass is 688 g/mol. The van der Waals surface area contributed by atoms with Gasteiger partial charge in [-0.25, -0.2) is 4.79 Å². The quantitative estimate of drug-likeness (QED) is 0.170. The summed E-state index contributed by atoms with van der Waals surface area (Å²) in [5.41, 5.74) is 7.48. The third kappa shape index (κ3) is 12.6. The first-order valence-corrected chi connectivity index (χ1v) is 16.0. The highest BCUT2D eigenvalue weighted by molar-refractivity contribution is 5.94. The predicted molar refractivity (Wildman–Crippen MR) is 183 cm³/mol. The van der Waals surface area contributed by atoms with E-state index in [-0.39, 0.29) is 30.0 Å². The van der Waals surface area contributed by atoms with E-state index in [1.54, 1.807) is 74.0 Å². The second-order valence-corrected chi connectivity index (χ2v) is 10.6. The van der Waals surface area contributed by atoms with Crippen molar-refractivity contribution in [1.82, 2.24) is 4.90 Å². The topological polar surface area (TPSA) is 162 Å². The van der Waals surface area contributed by atoms with Crippen LogP contribution < -0.4 is 24.7 Å². The van der Waals surface area contributed by atoms with E-state index >= 15 is 0 Å². The van der Waals surface area contributed by atoms with Gasteiger partial charge in [0, 0.05) is 48.5 Å². The number of esters is 3. The summed E-state index contributed by atoms with van der Waals surface area (Å²) in [6.45, 7) is 14.1. The first-order chi connectivity index (χ1) is 23.4. The third-order valence-corrected chi connectivity index (χ3v) is 7.58. The zero-order valence-electron chi connectivity index (χ0n) is 30.2. The number of nitrogens with two attached hydrogens (primary N) is 1. The van der Waals surface area contributed by atoms with Crippen LogP contribution in [0.25, 0.3) is 0 Å². The fourth-order valence-corrected chi connectivity index (χ4v) is 4.63. The third-order valence-electron chi connectivity index (χ3n) is 7.58. The van der Waals surface area contributed by atoms with Gasteiger partial charge in [-0.2, -0.15) is 0 Å². The highest BCUT2D eigenvalue weighted by atomic mass is 16.5. The zero-order chi connectivity index (χ0) is 37.1. The normalized spacial score (nSPS) is 15.3. The Kier molecular flexibility index (Phi) is 18.9. The molecule has 1 aliphatic rings. The lowest BCUT2D eigenvalue weighted by molar-refractivity contribution is -0.149. The maximum atomic E-state index is 12.4. The van der Waals surface area contributed by atoms with E-state index in [1.807, 2.05) is 30.3 Å². The van der Waals surface area contributed by atoms with Crippen LogP contribution >= 0.6 is 0 Å². The molecule has 272 valence electrons. The fraction of sp³-hybridized carbons (Fsp3) is 0.500. The number of rotatable bonds is 14. The van der Waals surface area contributed by atoms with Crippen molar-refractivity contribution in [2.24, 2.45) is 23.5 Å². The van der Waals surface area contributed by atoms with Gasteiger partial charge in [-0.15, -0.1) is 0 Å². The molecule has 3 atom stereocenters. The van der Waals surface area contributed by atoms with E-state index < -0.39 is 23.8 Å². The summed E-state index contributed by atoms with van der Waals surface area (Å²) in [5, 5.41) is 0. The van der Waals surface area contributed by atoms with Gasteiger partial charge in [-0.3, -0.25) is 14.4 Å². The minimum absolute atomic E-state index is 0.0408. The molecule has 0 saturated carbocycles. The second kappa shape index (κ2) is 22.0. The molecule has 1 heterocycles. The Hall–Kier alpha value is -4.78. The van der Waals surface area contributed by atoms with Crippen LogP contribution in [-0.2, 0) is 46.5 Å². The van der Waals surface area contributed by atoms with Crippen LogP contribution in [0.5, 0.6) is 23.0 Å². The van der Waals surface area contributed by atoms with Crippen LogP contribution in [0.15, 0.2) is 48.6 Å². The molecule has 2 N–H and O–H groups in total. The van der Waals surface area contributed by atoms with E-state index in [0.29, 0.717) is 44.3 Å². The Morgan fingerprint density at radius 3 is 1.82 bits per heavy atom. The number of hydrogen-bond acceptors (Lipinski definition) is 12. The molecule has 2 aromatic rings. The van der Waals surface area contributed by atoms with Crippen molar-refractivity contribution in [3.05, 3.63) is 59.7 Å². The Morgan fingerprint density at radius 1 is 0.837 bits per heavy atom. The van der Waals surface area contributed by atoms with Crippen LogP contribution in [0.1, 0.15) is 45.7 Å². The number of amides is 1. The van der Waals surface area contributed by atoms with Crippen LogP contribution in [0.2, 0.25) is 0 Å². The van der Waals surface area contributed by atoms with Gasteiger partial charge < -0.3 is 43.8 Å². The lowest BCUT2D eigenvalue weighted by Crippen LogP contribution is -2.26. The van der Waals surface area contributed by atoms with Crippen LogP contribution in [-0.4, -0.2) is 83.5 Å². The summed E-state index contributed by atoms with van der Waals surface area (Å²) in [6.07, 6.45) is 0. The fourth-order valence-electron chi connectivity index (χ4n) is 4.63. The summed E-state index contributed by atoms with van der Waals surface area (Å²) in [5.74, 6) is 0.137. The molecule has 1 aliphatic heterocycles. The second-order valence-electron chi connectivity index (χ2n) is 10.6. The molecule has 0 aliphatic carbocycles. The highest BCUT2D eigenvalue weighted by Crippen LogP contribution is 2.31. The number of likely N-dealkylation sites (tertiary alicyclic amines) is 1. The van der Waals surface area contributed by atoms with Gasteiger partial charge in [-0.05, 0) is 45.9 Å². The number of carbonyl (C=O) groups is 4. The molecule has 1 saturated heterocycles. The maximum absolute atomic E-state index is 12.4. The summed E-state index contributed by atoms with van der Waals surface area (Å²) >= 11 is 0. The number of ether oxygens (including phenoxy) is 7. The van der Waals surface area contributed by atoms with Gasteiger partial charge in [0.05, 0.1) is 66.0 Å².